The molecule has 4 nitrogen and oxygen atoms in total. The third-order valence-electron chi connectivity index (χ3n) is 3.28. The molecule has 1 aliphatic heterocycles. The van der Waals surface area contributed by atoms with Gasteiger partial charge >= 0.3 is 0 Å². The van der Waals surface area contributed by atoms with E-state index in [2.05, 4.69) is 46.1 Å². The number of rotatable bonds is 1. The zero-order chi connectivity index (χ0) is 11.8. The quantitative estimate of drug-likeness (QED) is 0.812. The minimum absolute atomic E-state index is 0.836. The maximum Gasteiger partial charge on any atom is 0.0837 e. The van der Waals surface area contributed by atoms with Crippen LogP contribution in [0.1, 0.15) is 18.3 Å². The molecular weight excluding hydrogens is 212 g/mol. The summed E-state index contributed by atoms with van der Waals surface area (Å²) in [6.45, 7) is 3.02. The molecule has 1 aliphatic rings. The van der Waals surface area contributed by atoms with Gasteiger partial charge in [0.05, 0.1) is 29.8 Å². The van der Waals surface area contributed by atoms with Gasteiger partial charge in [-0.1, -0.05) is 6.92 Å². The molecule has 0 radical (unpaired) electrons. The first kappa shape index (κ1) is 10.2. The lowest BCUT2D eigenvalue weighted by atomic mass is 10.3. The summed E-state index contributed by atoms with van der Waals surface area (Å²) in [4.78, 5) is 4.17. The Kier molecular flexibility index (Phi) is 2.28. The van der Waals surface area contributed by atoms with Crippen LogP contribution in [0.25, 0.3) is 0 Å². The first-order valence-corrected chi connectivity index (χ1v) is 5.92. The van der Waals surface area contributed by atoms with Crippen LogP contribution in [0.15, 0.2) is 30.6 Å². The predicted octanol–water partition coefficient (Wildman–Crippen LogP) is 2.27. The van der Waals surface area contributed by atoms with E-state index in [4.69, 9.17) is 0 Å². The Morgan fingerprint density at radius 3 is 3.06 bits per heavy atom. The third-order valence-corrected chi connectivity index (χ3v) is 3.28. The summed E-state index contributed by atoms with van der Waals surface area (Å²) in [6, 6.07) is 6.41. The van der Waals surface area contributed by atoms with Crippen LogP contribution >= 0.6 is 0 Å². The van der Waals surface area contributed by atoms with Crippen LogP contribution in [0.4, 0.5) is 11.4 Å². The highest BCUT2D eigenvalue weighted by molar-refractivity contribution is 5.69. The van der Waals surface area contributed by atoms with Crippen molar-refractivity contribution >= 4 is 11.4 Å². The van der Waals surface area contributed by atoms with Gasteiger partial charge in [0.2, 0.25) is 0 Å². The van der Waals surface area contributed by atoms with Crippen LogP contribution in [0, 0.1) is 0 Å². The molecule has 0 amide bonds. The van der Waals surface area contributed by atoms with E-state index in [1.165, 1.54) is 11.4 Å². The largest absolute Gasteiger partial charge is 0.376 e. The van der Waals surface area contributed by atoms with Crippen molar-refractivity contribution in [2.45, 2.75) is 19.9 Å². The van der Waals surface area contributed by atoms with Crippen molar-refractivity contribution in [3.8, 4) is 0 Å². The lowest BCUT2D eigenvalue weighted by Gasteiger charge is -2.24. The number of hydrogen-bond acceptors (Lipinski definition) is 3. The Morgan fingerprint density at radius 1 is 1.35 bits per heavy atom. The first-order chi connectivity index (χ1) is 8.31. The number of aromatic nitrogens is 2. The van der Waals surface area contributed by atoms with Crippen LogP contribution in [0.2, 0.25) is 0 Å². The Morgan fingerprint density at radius 2 is 2.24 bits per heavy atom. The highest BCUT2D eigenvalue weighted by atomic mass is 15.6. The standard InChI is InChI=1S/C13H16N4/c1-3-10-4-5-11-8-15-12-9-14-7-6-13(12)16(2)17(10)11/h4-7,9,15H,3,8H2,1-2H3. The number of hydrogen-bond donors (Lipinski definition) is 1. The van der Waals surface area contributed by atoms with Gasteiger partial charge in [-0.15, -0.1) is 0 Å². The summed E-state index contributed by atoms with van der Waals surface area (Å²) in [5.74, 6) is 0. The number of nitrogens with zero attached hydrogens (tertiary/aromatic N) is 3. The molecule has 1 N–H and O–H groups in total. The van der Waals surface area contributed by atoms with E-state index in [0.29, 0.717) is 0 Å². The smallest absolute Gasteiger partial charge is 0.0837 e. The minimum atomic E-state index is 0.836. The summed E-state index contributed by atoms with van der Waals surface area (Å²) in [7, 11) is 2.09. The minimum Gasteiger partial charge on any atom is -0.376 e. The summed E-state index contributed by atoms with van der Waals surface area (Å²) >= 11 is 0. The Labute approximate surface area is 101 Å². The molecular formula is C13H16N4. The van der Waals surface area contributed by atoms with Gasteiger partial charge < -0.3 is 5.32 Å². The third kappa shape index (κ3) is 1.48. The predicted molar refractivity (Wildman–Crippen MR) is 69.2 cm³/mol. The van der Waals surface area contributed by atoms with Gasteiger partial charge in [-0.05, 0) is 24.6 Å². The number of pyridine rings is 1. The molecule has 0 fully saturated rings. The molecule has 17 heavy (non-hydrogen) atoms. The van der Waals surface area contributed by atoms with Crippen molar-refractivity contribution in [1.29, 1.82) is 0 Å². The lowest BCUT2D eigenvalue weighted by Crippen LogP contribution is -2.27. The molecule has 0 unspecified atom stereocenters. The van der Waals surface area contributed by atoms with Crippen molar-refractivity contribution < 1.29 is 0 Å². The van der Waals surface area contributed by atoms with Crippen LogP contribution in [-0.4, -0.2) is 16.7 Å². The van der Waals surface area contributed by atoms with E-state index >= 15 is 0 Å². The maximum atomic E-state index is 4.17. The van der Waals surface area contributed by atoms with Crippen LogP contribution in [-0.2, 0) is 13.0 Å². The van der Waals surface area contributed by atoms with Crippen molar-refractivity contribution in [2.24, 2.45) is 0 Å². The molecule has 0 aliphatic carbocycles. The molecule has 0 atom stereocenters. The first-order valence-electron chi connectivity index (χ1n) is 5.92. The van der Waals surface area contributed by atoms with Crippen molar-refractivity contribution in [3.63, 3.8) is 0 Å². The number of aryl methyl sites for hydroxylation is 1. The van der Waals surface area contributed by atoms with Crippen molar-refractivity contribution in [3.05, 3.63) is 42.0 Å². The zero-order valence-corrected chi connectivity index (χ0v) is 10.1. The van der Waals surface area contributed by atoms with E-state index < -0.39 is 0 Å². The molecule has 0 saturated heterocycles. The topological polar surface area (TPSA) is 33.1 Å². The Bertz CT molecular complexity index is 544. The molecule has 0 saturated carbocycles. The number of nitrogens with one attached hydrogen (secondary N) is 1. The summed E-state index contributed by atoms with van der Waals surface area (Å²) in [6.07, 6.45) is 4.74. The maximum absolute atomic E-state index is 4.17. The van der Waals surface area contributed by atoms with E-state index in [0.717, 1.165) is 24.3 Å². The summed E-state index contributed by atoms with van der Waals surface area (Å²) < 4.78 is 2.28. The molecule has 0 spiro atoms. The van der Waals surface area contributed by atoms with Crippen molar-refractivity contribution in [1.82, 2.24) is 9.66 Å². The molecule has 0 bridgehead atoms. The van der Waals surface area contributed by atoms with E-state index in [1.807, 2.05) is 18.5 Å². The second kappa shape index (κ2) is 3.80. The van der Waals surface area contributed by atoms with E-state index in [9.17, 15) is 0 Å². The molecule has 88 valence electrons. The fourth-order valence-corrected chi connectivity index (χ4v) is 2.40. The zero-order valence-electron chi connectivity index (χ0n) is 10.1. The van der Waals surface area contributed by atoms with Crippen LogP contribution < -0.4 is 10.3 Å². The van der Waals surface area contributed by atoms with Gasteiger partial charge in [0.25, 0.3) is 0 Å². The lowest BCUT2D eigenvalue weighted by molar-refractivity contribution is 0.705. The summed E-state index contributed by atoms with van der Waals surface area (Å²) in [5, 5.41) is 5.61. The molecule has 2 aromatic rings. The van der Waals surface area contributed by atoms with Gasteiger partial charge in [0, 0.05) is 18.9 Å². The fourth-order valence-electron chi connectivity index (χ4n) is 2.40. The van der Waals surface area contributed by atoms with Gasteiger partial charge in [0.1, 0.15) is 0 Å². The fraction of sp³-hybridized carbons (Fsp3) is 0.308. The molecule has 2 aromatic heterocycles. The van der Waals surface area contributed by atoms with Crippen molar-refractivity contribution in [2.75, 3.05) is 17.4 Å². The average molecular weight is 228 g/mol. The second-order valence-corrected chi connectivity index (χ2v) is 4.25. The van der Waals surface area contributed by atoms with Gasteiger partial charge in [0.15, 0.2) is 0 Å². The Balaban J connectivity index is 2.17. The van der Waals surface area contributed by atoms with Crippen LogP contribution in [0.3, 0.4) is 0 Å². The van der Waals surface area contributed by atoms with Gasteiger partial charge in [-0.2, -0.15) is 0 Å². The normalized spacial score (nSPS) is 13.6. The van der Waals surface area contributed by atoms with Gasteiger partial charge in [-0.25, -0.2) is 0 Å². The number of anilines is 2. The monoisotopic (exact) mass is 228 g/mol. The molecule has 0 aromatic carbocycles. The Hall–Kier alpha value is -1.97. The van der Waals surface area contributed by atoms with Gasteiger partial charge in [-0.3, -0.25) is 14.7 Å². The second-order valence-electron chi connectivity index (χ2n) is 4.25. The SMILES string of the molecule is CCc1ccc2n1N(C)c1ccncc1NC2. The van der Waals surface area contributed by atoms with Crippen LogP contribution in [0.5, 0.6) is 0 Å². The summed E-state index contributed by atoms with van der Waals surface area (Å²) in [5.41, 5.74) is 4.85. The van der Waals surface area contributed by atoms with E-state index in [1.54, 1.807) is 0 Å². The average Bonchev–Trinajstić information content (AvgIpc) is 2.73. The molecule has 4 heteroatoms. The number of fused-ring (bicyclic) bond motifs is 2. The van der Waals surface area contributed by atoms with E-state index in [-0.39, 0.29) is 0 Å². The molecule has 3 heterocycles. The molecule has 3 rings (SSSR count). The highest BCUT2D eigenvalue weighted by Gasteiger charge is 2.18. The highest BCUT2D eigenvalue weighted by Crippen LogP contribution is 2.29.